The number of unbranched alkanes of at least 4 members (excludes halogenated alkanes) is 3. The van der Waals surface area contributed by atoms with Gasteiger partial charge in [-0.15, -0.1) is 0 Å². The van der Waals surface area contributed by atoms with Crippen molar-refractivity contribution in [3.8, 4) is 0 Å². The molecule has 3 atom stereocenters. The standard InChI is InChI=1S/C15H33NO2/c1-6-7-8-9-10-12(2)18-13(11-17)14(16)15(3,4)5/h12-14,17H,6-11,16H2,1-5H3. The molecular formula is C15H33NO2. The van der Waals surface area contributed by atoms with Gasteiger partial charge < -0.3 is 15.6 Å². The molecule has 0 aromatic rings. The van der Waals surface area contributed by atoms with E-state index in [1.165, 1.54) is 25.7 Å². The number of hydrogen-bond donors (Lipinski definition) is 2. The highest BCUT2D eigenvalue weighted by molar-refractivity contribution is 4.84. The van der Waals surface area contributed by atoms with Gasteiger partial charge in [0.2, 0.25) is 0 Å². The van der Waals surface area contributed by atoms with E-state index in [9.17, 15) is 5.11 Å². The van der Waals surface area contributed by atoms with Gasteiger partial charge in [-0.1, -0.05) is 53.4 Å². The van der Waals surface area contributed by atoms with Crippen molar-refractivity contribution in [3.63, 3.8) is 0 Å². The van der Waals surface area contributed by atoms with E-state index in [1.54, 1.807) is 0 Å². The fourth-order valence-corrected chi connectivity index (χ4v) is 2.02. The summed E-state index contributed by atoms with van der Waals surface area (Å²) >= 11 is 0. The lowest BCUT2D eigenvalue weighted by Crippen LogP contribution is -2.49. The van der Waals surface area contributed by atoms with Gasteiger partial charge in [0.1, 0.15) is 0 Å². The van der Waals surface area contributed by atoms with Gasteiger partial charge in [0.15, 0.2) is 0 Å². The van der Waals surface area contributed by atoms with Crippen LogP contribution in [0.5, 0.6) is 0 Å². The van der Waals surface area contributed by atoms with Crippen LogP contribution < -0.4 is 5.73 Å². The van der Waals surface area contributed by atoms with Crippen molar-refractivity contribution >= 4 is 0 Å². The summed E-state index contributed by atoms with van der Waals surface area (Å²) in [5.74, 6) is 0. The quantitative estimate of drug-likeness (QED) is 0.626. The molecule has 0 spiro atoms. The Labute approximate surface area is 113 Å². The van der Waals surface area contributed by atoms with Crippen molar-refractivity contribution < 1.29 is 9.84 Å². The van der Waals surface area contributed by atoms with Crippen LogP contribution >= 0.6 is 0 Å². The molecule has 3 heteroatoms. The summed E-state index contributed by atoms with van der Waals surface area (Å²) in [7, 11) is 0. The smallest absolute Gasteiger partial charge is 0.0964 e. The molecule has 0 heterocycles. The van der Waals surface area contributed by atoms with Crippen LogP contribution in [0.2, 0.25) is 0 Å². The van der Waals surface area contributed by atoms with Crippen LogP contribution in [0.3, 0.4) is 0 Å². The van der Waals surface area contributed by atoms with Crippen molar-refractivity contribution in [2.75, 3.05) is 6.61 Å². The fourth-order valence-electron chi connectivity index (χ4n) is 2.02. The number of rotatable bonds is 9. The Bertz CT molecular complexity index is 201. The van der Waals surface area contributed by atoms with Crippen molar-refractivity contribution in [2.24, 2.45) is 11.1 Å². The zero-order valence-electron chi connectivity index (χ0n) is 12.9. The number of aliphatic hydroxyl groups excluding tert-OH is 1. The number of ether oxygens (including phenoxy) is 1. The molecule has 0 radical (unpaired) electrons. The van der Waals surface area contributed by atoms with E-state index in [1.807, 2.05) is 0 Å². The summed E-state index contributed by atoms with van der Waals surface area (Å²) in [5, 5.41) is 9.41. The molecule has 0 fully saturated rings. The predicted octanol–water partition coefficient (Wildman–Crippen LogP) is 3.10. The van der Waals surface area contributed by atoms with E-state index in [4.69, 9.17) is 10.5 Å². The van der Waals surface area contributed by atoms with Gasteiger partial charge in [-0.3, -0.25) is 0 Å². The highest BCUT2D eigenvalue weighted by Gasteiger charge is 2.30. The lowest BCUT2D eigenvalue weighted by molar-refractivity contribution is -0.0637. The van der Waals surface area contributed by atoms with Gasteiger partial charge in [0.05, 0.1) is 18.8 Å². The third-order valence-corrected chi connectivity index (χ3v) is 3.45. The van der Waals surface area contributed by atoms with Crippen LogP contribution in [0, 0.1) is 5.41 Å². The second kappa shape index (κ2) is 8.89. The van der Waals surface area contributed by atoms with Crippen LogP contribution in [0.25, 0.3) is 0 Å². The van der Waals surface area contributed by atoms with Crippen LogP contribution in [-0.4, -0.2) is 30.0 Å². The third kappa shape index (κ3) is 7.34. The molecule has 18 heavy (non-hydrogen) atoms. The summed E-state index contributed by atoms with van der Waals surface area (Å²) in [6.07, 6.45) is 5.96. The summed E-state index contributed by atoms with van der Waals surface area (Å²) in [6.45, 7) is 10.5. The molecule has 0 saturated carbocycles. The highest BCUT2D eigenvalue weighted by Crippen LogP contribution is 2.23. The highest BCUT2D eigenvalue weighted by atomic mass is 16.5. The molecule has 0 saturated heterocycles. The molecule has 110 valence electrons. The van der Waals surface area contributed by atoms with Gasteiger partial charge in [-0.2, -0.15) is 0 Å². The molecule has 3 unspecified atom stereocenters. The molecule has 0 aliphatic rings. The normalized spacial score (nSPS) is 17.5. The Morgan fingerprint density at radius 3 is 2.22 bits per heavy atom. The monoisotopic (exact) mass is 259 g/mol. The number of aliphatic hydroxyl groups is 1. The average molecular weight is 259 g/mol. The Hall–Kier alpha value is -0.120. The molecule has 0 aromatic carbocycles. The molecule has 3 nitrogen and oxygen atoms in total. The second-order valence-electron chi connectivity index (χ2n) is 6.41. The minimum Gasteiger partial charge on any atom is -0.394 e. The Balaban J connectivity index is 4.04. The maximum absolute atomic E-state index is 9.41. The first-order valence-corrected chi connectivity index (χ1v) is 7.34. The van der Waals surface area contributed by atoms with E-state index in [0.717, 1.165) is 6.42 Å². The number of hydrogen-bond acceptors (Lipinski definition) is 3. The van der Waals surface area contributed by atoms with Crippen molar-refractivity contribution in [3.05, 3.63) is 0 Å². The first kappa shape index (κ1) is 17.9. The van der Waals surface area contributed by atoms with Gasteiger partial charge in [-0.05, 0) is 18.8 Å². The molecule has 0 bridgehead atoms. The lowest BCUT2D eigenvalue weighted by Gasteiger charge is -2.34. The third-order valence-electron chi connectivity index (χ3n) is 3.45. The van der Waals surface area contributed by atoms with Crippen molar-refractivity contribution in [2.45, 2.75) is 85.0 Å². The van der Waals surface area contributed by atoms with Gasteiger partial charge in [0, 0.05) is 6.04 Å². The summed E-state index contributed by atoms with van der Waals surface area (Å²) in [4.78, 5) is 0. The van der Waals surface area contributed by atoms with Crippen LogP contribution in [0.1, 0.15) is 66.7 Å². The van der Waals surface area contributed by atoms with Gasteiger partial charge >= 0.3 is 0 Å². The number of nitrogens with two attached hydrogens (primary N) is 1. The van der Waals surface area contributed by atoms with E-state index in [-0.39, 0.29) is 30.3 Å². The van der Waals surface area contributed by atoms with Crippen molar-refractivity contribution in [1.29, 1.82) is 0 Å². The first-order valence-electron chi connectivity index (χ1n) is 7.34. The minimum absolute atomic E-state index is 0.00225. The molecule has 0 aliphatic heterocycles. The molecular weight excluding hydrogens is 226 g/mol. The summed E-state index contributed by atoms with van der Waals surface area (Å²) in [5.41, 5.74) is 6.10. The van der Waals surface area contributed by atoms with Crippen LogP contribution in [0.15, 0.2) is 0 Å². The molecule has 3 N–H and O–H groups in total. The summed E-state index contributed by atoms with van der Waals surface area (Å²) < 4.78 is 5.89. The van der Waals surface area contributed by atoms with E-state index < -0.39 is 0 Å². The van der Waals surface area contributed by atoms with Gasteiger partial charge in [0.25, 0.3) is 0 Å². The zero-order valence-corrected chi connectivity index (χ0v) is 12.9. The van der Waals surface area contributed by atoms with E-state index >= 15 is 0 Å². The SMILES string of the molecule is CCCCCCC(C)OC(CO)C(N)C(C)(C)C. The maximum atomic E-state index is 9.41. The van der Waals surface area contributed by atoms with E-state index in [0.29, 0.717) is 0 Å². The molecule has 0 amide bonds. The Morgan fingerprint density at radius 2 is 1.78 bits per heavy atom. The predicted molar refractivity (Wildman–Crippen MR) is 77.6 cm³/mol. The summed E-state index contributed by atoms with van der Waals surface area (Å²) in [6, 6.07) is -0.138. The van der Waals surface area contributed by atoms with Gasteiger partial charge in [-0.25, -0.2) is 0 Å². The second-order valence-corrected chi connectivity index (χ2v) is 6.41. The maximum Gasteiger partial charge on any atom is 0.0964 e. The average Bonchev–Trinajstić information content (AvgIpc) is 2.29. The molecule has 0 rings (SSSR count). The largest absolute Gasteiger partial charge is 0.394 e. The Morgan fingerprint density at radius 1 is 1.17 bits per heavy atom. The Kier molecular flexibility index (Phi) is 8.83. The fraction of sp³-hybridized carbons (Fsp3) is 1.00. The van der Waals surface area contributed by atoms with Crippen LogP contribution in [-0.2, 0) is 4.74 Å². The van der Waals surface area contributed by atoms with Crippen molar-refractivity contribution in [1.82, 2.24) is 0 Å². The van der Waals surface area contributed by atoms with E-state index in [2.05, 4.69) is 34.6 Å². The zero-order chi connectivity index (χ0) is 14.2. The molecule has 0 aliphatic carbocycles. The first-order chi connectivity index (χ1) is 8.32. The topological polar surface area (TPSA) is 55.5 Å². The lowest BCUT2D eigenvalue weighted by atomic mass is 9.84. The van der Waals surface area contributed by atoms with Crippen LogP contribution in [0.4, 0.5) is 0 Å². The molecule has 0 aromatic heterocycles. The minimum atomic E-state index is -0.258.